The number of aromatic nitrogens is 1. The summed E-state index contributed by atoms with van der Waals surface area (Å²) < 4.78 is 13.4. The molecule has 1 aliphatic carbocycles. The summed E-state index contributed by atoms with van der Waals surface area (Å²) in [4.78, 5) is 5.93. The maximum atomic E-state index is 13.4. The van der Waals surface area contributed by atoms with Gasteiger partial charge in [-0.3, -0.25) is 0 Å². The molecule has 0 spiro atoms. The summed E-state index contributed by atoms with van der Waals surface area (Å²) in [5.41, 5.74) is 3.71. The molecule has 29 heavy (non-hydrogen) atoms. The van der Waals surface area contributed by atoms with Crippen molar-refractivity contribution in [3.05, 3.63) is 59.5 Å². The molecule has 1 aromatic heterocycles. The Balaban J connectivity index is 1.70. The number of thiol groups is 1. The number of pyridine rings is 1. The second-order valence-corrected chi connectivity index (χ2v) is 8.84. The van der Waals surface area contributed by atoms with E-state index in [1.54, 1.807) is 18.3 Å². The molecular formula is C22H27FN4OS. The molecule has 0 saturated heterocycles. The van der Waals surface area contributed by atoms with E-state index < -0.39 is 4.99 Å². The molecule has 1 fully saturated rings. The third kappa shape index (κ3) is 4.07. The van der Waals surface area contributed by atoms with Crippen LogP contribution in [0.4, 0.5) is 10.2 Å². The molecule has 1 aliphatic heterocycles. The minimum absolute atomic E-state index is 0.0200. The Bertz CT molecular complexity index is 915. The fourth-order valence-electron chi connectivity index (χ4n) is 4.06. The summed E-state index contributed by atoms with van der Waals surface area (Å²) >= 11 is 4.76. The number of aliphatic hydroxyl groups is 1. The number of anilines is 1. The number of halogens is 1. The number of nitrogens with one attached hydrogen (secondary N) is 2. The zero-order valence-corrected chi connectivity index (χ0v) is 17.6. The molecule has 7 heteroatoms. The molecule has 2 heterocycles. The molecule has 154 valence electrons. The number of rotatable bonds is 4. The van der Waals surface area contributed by atoms with Gasteiger partial charge in [0.2, 0.25) is 0 Å². The van der Waals surface area contributed by atoms with Crippen LogP contribution in [0, 0.1) is 5.82 Å². The minimum atomic E-state index is -0.588. The molecule has 3 unspecified atom stereocenters. The van der Waals surface area contributed by atoms with Crippen LogP contribution in [-0.4, -0.2) is 39.2 Å². The van der Waals surface area contributed by atoms with Crippen molar-refractivity contribution in [2.75, 3.05) is 12.4 Å². The summed E-state index contributed by atoms with van der Waals surface area (Å²) in [6.45, 7) is 1.98. The number of nitrogens with zero attached hydrogens (tertiary/aromatic N) is 2. The molecule has 3 atom stereocenters. The molecule has 0 amide bonds. The zero-order valence-electron chi connectivity index (χ0n) is 16.7. The Morgan fingerprint density at radius 2 is 1.93 bits per heavy atom. The standard InChI is InChI=1S/C22H27FN4OS/c1-22(29)26-20(14-7-9-16(23)10-8-14)21(27(22)2)15-11-12-24-19(13-15)25-17-5-3-4-6-18(17)28/h7-13,17-18,26,28-29H,3-6H2,1-2H3,(H,24,25). The molecular weight excluding hydrogens is 387 g/mol. The molecule has 1 aromatic carbocycles. The van der Waals surface area contributed by atoms with E-state index in [4.69, 9.17) is 12.6 Å². The van der Waals surface area contributed by atoms with Crippen molar-refractivity contribution in [1.82, 2.24) is 15.2 Å². The number of benzene rings is 1. The maximum absolute atomic E-state index is 13.4. The van der Waals surface area contributed by atoms with E-state index in [1.807, 2.05) is 26.1 Å². The largest absolute Gasteiger partial charge is 0.391 e. The van der Waals surface area contributed by atoms with Crippen LogP contribution in [0.2, 0.25) is 0 Å². The Labute approximate surface area is 176 Å². The lowest BCUT2D eigenvalue weighted by Gasteiger charge is -2.31. The van der Waals surface area contributed by atoms with Crippen molar-refractivity contribution in [1.29, 1.82) is 0 Å². The lowest BCUT2D eigenvalue weighted by atomic mass is 9.92. The van der Waals surface area contributed by atoms with E-state index >= 15 is 0 Å². The highest BCUT2D eigenvalue weighted by molar-refractivity contribution is 7.81. The topological polar surface area (TPSA) is 60.4 Å². The quantitative estimate of drug-likeness (QED) is 0.572. The predicted octanol–water partition coefficient (Wildman–Crippen LogP) is 3.90. The summed E-state index contributed by atoms with van der Waals surface area (Å²) in [6, 6.07) is 10.4. The van der Waals surface area contributed by atoms with Gasteiger partial charge in [0.05, 0.1) is 23.5 Å². The van der Waals surface area contributed by atoms with Crippen molar-refractivity contribution in [3.8, 4) is 0 Å². The van der Waals surface area contributed by atoms with Crippen molar-refractivity contribution < 1.29 is 9.50 Å². The number of aliphatic hydroxyl groups excluding tert-OH is 1. The van der Waals surface area contributed by atoms with Crippen LogP contribution in [0.3, 0.4) is 0 Å². The maximum Gasteiger partial charge on any atom is 0.153 e. The first-order chi connectivity index (χ1) is 13.8. The second kappa shape index (κ2) is 7.88. The predicted molar refractivity (Wildman–Crippen MR) is 118 cm³/mol. The van der Waals surface area contributed by atoms with Gasteiger partial charge in [-0.2, -0.15) is 0 Å². The van der Waals surface area contributed by atoms with Gasteiger partial charge in [0.15, 0.2) is 4.99 Å². The number of hydrogen-bond acceptors (Lipinski definition) is 6. The van der Waals surface area contributed by atoms with E-state index in [0.29, 0.717) is 0 Å². The highest BCUT2D eigenvalue weighted by Crippen LogP contribution is 2.40. The van der Waals surface area contributed by atoms with Gasteiger partial charge in [0.1, 0.15) is 11.6 Å². The van der Waals surface area contributed by atoms with E-state index in [2.05, 4.69) is 20.5 Å². The average Bonchev–Trinajstić information content (AvgIpc) is 2.94. The van der Waals surface area contributed by atoms with Gasteiger partial charge in [-0.1, -0.05) is 12.8 Å². The van der Waals surface area contributed by atoms with Crippen LogP contribution in [0.15, 0.2) is 42.6 Å². The molecule has 2 aliphatic rings. The smallest absolute Gasteiger partial charge is 0.153 e. The normalized spacial score (nSPS) is 27.1. The van der Waals surface area contributed by atoms with E-state index in [1.165, 1.54) is 12.1 Å². The Kier molecular flexibility index (Phi) is 5.44. The summed E-state index contributed by atoms with van der Waals surface area (Å²) in [5, 5.41) is 17.1. The third-order valence-corrected chi connectivity index (χ3v) is 6.23. The summed E-state index contributed by atoms with van der Waals surface area (Å²) in [5.74, 6) is 0.470. The molecule has 5 nitrogen and oxygen atoms in total. The average molecular weight is 415 g/mol. The van der Waals surface area contributed by atoms with Crippen molar-refractivity contribution >= 4 is 29.8 Å². The van der Waals surface area contributed by atoms with Gasteiger partial charge in [-0.05, 0) is 56.2 Å². The molecule has 2 aromatic rings. The summed E-state index contributed by atoms with van der Waals surface area (Å²) in [6.07, 6.45) is 5.36. The Morgan fingerprint density at radius 1 is 1.21 bits per heavy atom. The molecule has 4 rings (SSSR count). The van der Waals surface area contributed by atoms with Gasteiger partial charge >= 0.3 is 0 Å². The first kappa shape index (κ1) is 20.0. The fourth-order valence-corrected chi connectivity index (χ4v) is 4.27. The lowest BCUT2D eigenvalue weighted by Crippen LogP contribution is -2.42. The van der Waals surface area contributed by atoms with Crippen LogP contribution >= 0.6 is 12.6 Å². The lowest BCUT2D eigenvalue weighted by molar-refractivity contribution is 0.116. The Hall–Kier alpha value is -2.25. The van der Waals surface area contributed by atoms with Crippen molar-refractivity contribution in [2.45, 2.75) is 49.7 Å². The highest BCUT2D eigenvalue weighted by atomic mass is 32.1. The fraction of sp³-hybridized carbons (Fsp3) is 0.409. The van der Waals surface area contributed by atoms with Crippen LogP contribution in [0.1, 0.15) is 43.7 Å². The van der Waals surface area contributed by atoms with Crippen molar-refractivity contribution in [3.63, 3.8) is 0 Å². The zero-order chi connectivity index (χ0) is 20.6. The van der Waals surface area contributed by atoms with E-state index in [-0.39, 0.29) is 18.0 Å². The van der Waals surface area contributed by atoms with E-state index in [9.17, 15) is 9.50 Å². The van der Waals surface area contributed by atoms with Crippen molar-refractivity contribution in [2.24, 2.45) is 0 Å². The second-order valence-electron chi connectivity index (χ2n) is 7.97. The van der Waals surface area contributed by atoms with Crippen LogP contribution in [0.25, 0.3) is 11.4 Å². The van der Waals surface area contributed by atoms with E-state index in [0.717, 1.165) is 54.0 Å². The monoisotopic (exact) mass is 414 g/mol. The molecule has 3 N–H and O–H groups in total. The number of hydrogen-bond donors (Lipinski definition) is 4. The van der Waals surface area contributed by atoms with Gasteiger partial charge in [-0.15, -0.1) is 12.6 Å². The SMILES string of the molecule is CN1C(c2ccnc(NC3CCCCC3O)c2)=C(c2ccc(F)cc2)NC1(C)S. The first-order valence-electron chi connectivity index (χ1n) is 10.0. The molecule has 0 bridgehead atoms. The van der Waals surface area contributed by atoms with Crippen LogP contribution < -0.4 is 10.6 Å². The third-order valence-electron chi connectivity index (χ3n) is 5.82. The summed E-state index contributed by atoms with van der Waals surface area (Å²) in [7, 11) is 1.98. The van der Waals surface area contributed by atoms with Gasteiger partial charge in [-0.25, -0.2) is 9.37 Å². The molecule has 0 radical (unpaired) electrons. The Morgan fingerprint density at radius 3 is 2.66 bits per heavy atom. The van der Waals surface area contributed by atoms with Gasteiger partial charge in [0, 0.05) is 24.4 Å². The van der Waals surface area contributed by atoms with Gasteiger partial charge in [0.25, 0.3) is 0 Å². The first-order valence-corrected chi connectivity index (χ1v) is 10.5. The van der Waals surface area contributed by atoms with Crippen LogP contribution in [0.5, 0.6) is 0 Å². The minimum Gasteiger partial charge on any atom is -0.391 e. The van der Waals surface area contributed by atoms with Gasteiger partial charge < -0.3 is 20.6 Å². The molecule has 1 saturated carbocycles. The highest BCUT2D eigenvalue weighted by Gasteiger charge is 2.37. The van der Waals surface area contributed by atoms with Crippen LogP contribution in [-0.2, 0) is 0 Å².